The molecule has 0 spiro atoms. The predicted octanol–water partition coefficient (Wildman–Crippen LogP) is 5.13. The standard InChI is InChI=1S/C22H15NO3S/c1-15(24)16-10-12-18(13-11-16)26-22(25)19-7-3-5-9-21(19)27-20-8-4-2-6-17(20)14-23/h2-13H,1H3. The van der Waals surface area contributed by atoms with Crippen molar-refractivity contribution in [3.63, 3.8) is 0 Å². The Bertz CT molecular complexity index is 1040. The summed E-state index contributed by atoms with van der Waals surface area (Å²) in [6.45, 7) is 1.48. The van der Waals surface area contributed by atoms with Gasteiger partial charge in [0.1, 0.15) is 11.8 Å². The average Bonchev–Trinajstić information content (AvgIpc) is 2.69. The number of ether oxygens (including phenoxy) is 1. The molecule has 132 valence electrons. The first-order valence-corrected chi connectivity index (χ1v) is 8.99. The molecule has 5 heteroatoms. The fourth-order valence-corrected chi connectivity index (χ4v) is 3.43. The Hall–Kier alpha value is -3.36. The molecule has 0 bridgehead atoms. The van der Waals surface area contributed by atoms with Gasteiger partial charge in [-0.25, -0.2) is 4.79 Å². The number of nitrogens with zero attached hydrogens (tertiary/aromatic N) is 1. The number of hydrogen-bond acceptors (Lipinski definition) is 5. The molecule has 0 aliphatic rings. The molecule has 0 aliphatic carbocycles. The Morgan fingerprint density at radius 1 is 0.889 bits per heavy atom. The van der Waals surface area contributed by atoms with Crippen LogP contribution in [0.3, 0.4) is 0 Å². The van der Waals surface area contributed by atoms with Crippen LogP contribution in [0.2, 0.25) is 0 Å². The molecule has 0 saturated carbocycles. The van der Waals surface area contributed by atoms with Crippen LogP contribution in [0.5, 0.6) is 5.75 Å². The maximum absolute atomic E-state index is 12.6. The third kappa shape index (κ3) is 4.43. The normalized spacial score (nSPS) is 10.1. The molecule has 0 aliphatic heterocycles. The third-order valence-electron chi connectivity index (χ3n) is 3.81. The number of ketones is 1. The number of nitriles is 1. The summed E-state index contributed by atoms with van der Waals surface area (Å²) in [5.74, 6) is -0.184. The lowest BCUT2D eigenvalue weighted by atomic mass is 10.1. The zero-order chi connectivity index (χ0) is 19.2. The summed E-state index contributed by atoms with van der Waals surface area (Å²) in [5.41, 5.74) is 1.51. The van der Waals surface area contributed by atoms with E-state index in [2.05, 4.69) is 6.07 Å². The van der Waals surface area contributed by atoms with Crippen LogP contribution in [-0.4, -0.2) is 11.8 Å². The van der Waals surface area contributed by atoms with Crippen molar-refractivity contribution < 1.29 is 14.3 Å². The summed E-state index contributed by atoms with van der Waals surface area (Å²) >= 11 is 1.34. The fourth-order valence-electron chi connectivity index (χ4n) is 2.41. The molecule has 3 aromatic rings. The van der Waals surface area contributed by atoms with Crippen LogP contribution >= 0.6 is 11.8 Å². The first-order valence-electron chi connectivity index (χ1n) is 8.17. The summed E-state index contributed by atoms with van der Waals surface area (Å²) in [6, 6.07) is 22.9. The predicted molar refractivity (Wildman–Crippen MR) is 103 cm³/mol. The molecule has 27 heavy (non-hydrogen) atoms. The molecule has 0 heterocycles. The summed E-state index contributed by atoms with van der Waals surface area (Å²) in [4.78, 5) is 25.4. The van der Waals surface area contributed by atoms with E-state index in [9.17, 15) is 14.9 Å². The van der Waals surface area contributed by atoms with E-state index in [4.69, 9.17) is 4.74 Å². The van der Waals surface area contributed by atoms with Gasteiger partial charge in [0.15, 0.2) is 5.78 Å². The van der Waals surface area contributed by atoms with Crippen molar-refractivity contribution >= 4 is 23.5 Å². The number of esters is 1. The van der Waals surface area contributed by atoms with Gasteiger partial charge in [-0.2, -0.15) is 5.26 Å². The number of hydrogen-bond donors (Lipinski definition) is 0. The van der Waals surface area contributed by atoms with E-state index >= 15 is 0 Å². The Morgan fingerprint density at radius 3 is 2.19 bits per heavy atom. The second kappa shape index (κ2) is 8.35. The number of benzene rings is 3. The van der Waals surface area contributed by atoms with Crippen molar-refractivity contribution in [3.8, 4) is 11.8 Å². The van der Waals surface area contributed by atoms with Crippen LogP contribution in [0.1, 0.15) is 33.2 Å². The lowest BCUT2D eigenvalue weighted by Gasteiger charge is -2.10. The number of carbonyl (C=O) groups excluding carboxylic acids is 2. The molecule has 4 nitrogen and oxygen atoms in total. The minimum absolute atomic E-state index is 0.0502. The van der Waals surface area contributed by atoms with Crippen molar-refractivity contribution in [2.45, 2.75) is 16.7 Å². The second-order valence-corrected chi connectivity index (χ2v) is 6.76. The van der Waals surface area contributed by atoms with E-state index < -0.39 is 5.97 Å². The quantitative estimate of drug-likeness (QED) is 0.352. The van der Waals surface area contributed by atoms with E-state index in [1.54, 1.807) is 48.5 Å². The van der Waals surface area contributed by atoms with Gasteiger partial charge in [-0.05, 0) is 55.5 Å². The monoisotopic (exact) mass is 373 g/mol. The lowest BCUT2D eigenvalue weighted by molar-refractivity contribution is 0.0731. The van der Waals surface area contributed by atoms with E-state index in [0.29, 0.717) is 27.3 Å². The van der Waals surface area contributed by atoms with Gasteiger partial charge in [0.05, 0.1) is 11.1 Å². The molecule has 0 aromatic heterocycles. The second-order valence-electron chi connectivity index (χ2n) is 5.68. The van der Waals surface area contributed by atoms with Crippen LogP contribution in [-0.2, 0) is 0 Å². The largest absolute Gasteiger partial charge is 0.423 e. The van der Waals surface area contributed by atoms with Crippen molar-refractivity contribution in [2.24, 2.45) is 0 Å². The average molecular weight is 373 g/mol. The van der Waals surface area contributed by atoms with Crippen molar-refractivity contribution in [1.82, 2.24) is 0 Å². The van der Waals surface area contributed by atoms with Gasteiger partial charge in [0.25, 0.3) is 0 Å². The zero-order valence-electron chi connectivity index (χ0n) is 14.5. The first-order chi connectivity index (χ1) is 13.1. The van der Waals surface area contributed by atoms with Gasteiger partial charge < -0.3 is 4.74 Å². The van der Waals surface area contributed by atoms with Gasteiger partial charge in [0, 0.05) is 15.4 Å². The van der Waals surface area contributed by atoms with Gasteiger partial charge in [-0.15, -0.1) is 0 Å². The molecule has 0 unspecified atom stereocenters. The first kappa shape index (κ1) is 18.4. The minimum Gasteiger partial charge on any atom is -0.423 e. The van der Waals surface area contributed by atoms with Crippen LogP contribution < -0.4 is 4.74 Å². The lowest BCUT2D eigenvalue weighted by Crippen LogP contribution is -2.10. The molecular weight excluding hydrogens is 358 g/mol. The molecule has 3 aromatic carbocycles. The Labute approximate surface area is 161 Å². The van der Waals surface area contributed by atoms with Crippen molar-refractivity contribution in [1.29, 1.82) is 5.26 Å². The summed E-state index contributed by atoms with van der Waals surface area (Å²) in [5, 5.41) is 9.25. The Kier molecular flexibility index (Phi) is 5.70. The summed E-state index contributed by atoms with van der Waals surface area (Å²) in [6.07, 6.45) is 0. The van der Waals surface area contributed by atoms with Crippen molar-refractivity contribution in [3.05, 3.63) is 89.5 Å². The molecule has 0 radical (unpaired) electrons. The smallest absolute Gasteiger partial charge is 0.344 e. The van der Waals surface area contributed by atoms with E-state index in [0.717, 1.165) is 4.90 Å². The highest BCUT2D eigenvalue weighted by atomic mass is 32.2. The topological polar surface area (TPSA) is 67.2 Å². The highest BCUT2D eigenvalue weighted by Crippen LogP contribution is 2.33. The van der Waals surface area contributed by atoms with Gasteiger partial charge in [0.2, 0.25) is 0 Å². The third-order valence-corrected chi connectivity index (χ3v) is 4.96. The minimum atomic E-state index is -0.497. The van der Waals surface area contributed by atoms with E-state index in [1.807, 2.05) is 24.3 Å². The van der Waals surface area contributed by atoms with E-state index in [1.165, 1.54) is 18.7 Å². The van der Waals surface area contributed by atoms with Crippen LogP contribution in [0, 0.1) is 11.3 Å². The summed E-state index contributed by atoms with van der Waals surface area (Å²) in [7, 11) is 0. The molecule has 0 atom stereocenters. The molecule has 0 fully saturated rings. The van der Waals surface area contributed by atoms with Gasteiger partial charge in [-0.1, -0.05) is 36.0 Å². The Balaban J connectivity index is 1.83. The highest BCUT2D eigenvalue weighted by Gasteiger charge is 2.15. The SMILES string of the molecule is CC(=O)c1ccc(OC(=O)c2ccccc2Sc2ccccc2C#N)cc1. The molecule has 0 amide bonds. The van der Waals surface area contributed by atoms with Crippen LogP contribution in [0.25, 0.3) is 0 Å². The van der Waals surface area contributed by atoms with Crippen LogP contribution in [0.15, 0.2) is 82.6 Å². The molecule has 0 N–H and O–H groups in total. The fraction of sp³-hybridized carbons (Fsp3) is 0.0455. The maximum Gasteiger partial charge on any atom is 0.344 e. The molecular formula is C22H15NO3S. The Morgan fingerprint density at radius 2 is 1.52 bits per heavy atom. The number of rotatable bonds is 5. The number of Topliss-reactive ketones (excluding diaryl/α,β-unsaturated/α-hetero) is 1. The zero-order valence-corrected chi connectivity index (χ0v) is 15.3. The van der Waals surface area contributed by atoms with Crippen molar-refractivity contribution in [2.75, 3.05) is 0 Å². The highest BCUT2D eigenvalue weighted by molar-refractivity contribution is 7.99. The van der Waals surface area contributed by atoms with Gasteiger partial charge in [-0.3, -0.25) is 4.79 Å². The molecule has 3 rings (SSSR count). The number of carbonyl (C=O) groups is 2. The van der Waals surface area contributed by atoms with Gasteiger partial charge >= 0.3 is 5.97 Å². The molecule has 0 saturated heterocycles. The van der Waals surface area contributed by atoms with Crippen LogP contribution in [0.4, 0.5) is 0 Å². The maximum atomic E-state index is 12.6. The summed E-state index contributed by atoms with van der Waals surface area (Å²) < 4.78 is 5.44. The van der Waals surface area contributed by atoms with E-state index in [-0.39, 0.29) is 5.78 Å².